The van der Waals surface area contributed by atoms with Crippen LogP contribution in [0.3, 0.4) is 0 Å². The molecule has 0 amide bonds. The number of unbranched alkanes of at least 4 members (excludes halogenated alkanes) is 1. The molecule has 0 bridgehead atoms. The van der Waals surface area contributed by atoms with E-state index < -0.39 is 0 Å². The molecule has 0 aliphatic heterocycles. The van der Waals surface area contributed by atoms with E-state index in [1.807, 2.05) is 24.3 Å². The molecule has 0 spiro atoms. The zero-order valence-corrected chi connectivity index (χ0v) is 21.2. The average Bonchev–Trinajstić information content (AvgIpc) is 3.23. The molecular formula is C28H38N4O2. The molecule has 0 aliphatic carbocycles. The van der Waals surface area contributed by atoms with Crippen molar-refractivity contribution in [3.8, 4) is 11.5 Å². The van der Waals surface area contributed by atoms with Crippen LogP contribution < -0.4 is 14.9 Å². The lowest BCUT2D eigenvalue weighted by Gasteiger charge is -2.19. The minimum absolute atomic E-state index is 0.330. The summed E-state index contributed by atoms with van der Waals surface area (Å²) in [5.41, 5.74) is 7.25. The molecule has 3 rings (SSSR count). The molecule has 0 atom stereocenters. The van der Waals surface area contributed by atoms with Gasteiger partial charge in [-0.3, -0.25) is 5.43 Å². The summed E-state index contributed by atoms with van der Waals surface area (Å²) in [7, 11) is 1.61. The van der Waals surface area contributed by atoms with Crippen LogP contribution in [0.1, 0.15) is 51.2 Å². The molecule has 0 fully saturated rings. The largest absolute Gasteiger partial charge is 0.494 e. The fourth-order valence-electron chi connectivity index (χ4n) is 3.71. The van der Waals surface area contributed by atoms with E-state index >= 15 is 0 Å². The van der Waals surface area contributed by atoms with Crippen LogP contribution >= 0.6 is 0 Å². The van der Waals surface area contributed by atoms with Crippen LogP contribution in [0.5, 0.6) is 11.5 Å². The number of aryl methyl sites for hydroxylation is 2. The zero-order valence-electron chi connectivity index (χ0n) is 21.2. The number of nitrogens with zero attached hydrogens (tertiary/aromatic N) is 3. The van der Waals surface area contributed by atoms with Crippen molar-refractivity contribution >= 4 is 16.6 Å². The van der Waals surface area contributed by atoms with Gasteiger partial charge in [0.1, 0.15) is 11.5 Å². The van der Waals surface area contributed by atoms with Crippen molar-refractivity contribution in [3.05, 3.63) is 66.4 Å². The van der Waals surface area contributed by atoms with Gasteiger partial charge in [0.05, 0.1) is 26.0 Å². The maximum Gasteiger partial charge on any atom is 0.122 e. The van der Waals surface area contributed by atoms with Gasteiger partial charge in [0.2, 0.25) is 0 Å². The van der Waals surface area contributed by atoms with E-state index in [0.29, 0.717) is 24.3 Å². The number of hydrogen-bond donors (Lipinski definition) is 1. The van der Waals surface area contributed by atoms with E-state index in [4.69, 9.17) is 9.47 Å². The fourth-order valence-corrected chi connectivity index (χ4v) is 3.71. The molecular weight excluding hydrogens is 424 g/mol. The Kier molecular flexibility index (Phi) is 8.74. The van der Waals surface area contributed by atoms with Crippen LogP contribution in [0, 0.1) is 12.3 Å². The number of ether oxygens (including phenoxy) is 2. The van der Waals surface area contributed by atoms with Crippen molar-refractivity contribution < 1.29 is 9.47 Å². The second-order valence-electron chi connectivity index (χ2n) is 9.76. The lowest BCUT2D eigenvalue weighted by atomic mass is 9.92. The SMILES string of the molecule is C=C(NN=NC)c1ccc(OCCCCOc2ccc3c(ccn3CCC(C)(C)C)c2C)cc1. The molecule has 34 heavy (non-hydrogen) atoms. The van der Waals surface area contributed by atoms with E-state index in [-0.39, 0.29) is 0 Å². The molecule has 6 nitrogen and oxygen atoms in total. The quantitative estimate of drug-likeness (QED) is 0.176. The molecule has 0 radical (unpaired) electrons. The van der Waals surface area contributed by atoms with Gasteiger partial charge < -0.3 is 14.0 Å². The molecule has 182 valence electrons. The molecule has 0 aliphatic rings. The monoisotopic (exact) mass is 462 g/mol. The van der Waals surface area contributed by atoms with Crippen LogP contribution in [0.25, 0.3) is 16.6 Å². The number of aromatic nitrogens is 1. The summed E-state index contributed by atoms with van der Waals surface area (Å²) in [6, 6.07) is 14.3. The first-order valence-corrected chi connectivity index (χ1v) is 12.0. The first kappa shape index (κ1) is 25.3. The molecule has 6 heteroatoms. The molecule has 3 aromatic rings. The highest BCUT2D eigenvalue weighted by Gasteiger charge is 2.13. The second-order valence-corrected chi connectivity index (χ2v) is 9.76. The zero-order chi connectivity index (χ0) is 24.6. The predicted octanol–water partition coefficient (Wildman–Crippen LogP) is 7.18. The summed E-state index contributed by atoms with van der Waals surface area (Å²) < 4.78 is 14.3. The number of nitrogens with one attached hydrogen (secondary N) is 1. The van der Waals surface area contributed by atoms with E-state index in [2.05, 4.69) is 79.0 Å². The van der Waals surface area contributed by atoms with Crippen molar-refractivity contribution in [3.63, 3.8) is 0 Å². The van der Waals surface area contributed by atoms with Gasteiger partial charge in [0.25, 0.3) is 0 Å². The predicted molar refractivity (Wildman–Crippen MR) is 140 cm³/mol. The maximum absolute atomic E-state index is 6.10. The van der Waals surface area contributed by atoms with Crippen molar-refractivity contribution in [1.82, 2.24) is 9.99 Å². The summed E-state index contributed by atoms with van der Waals surface area (Å²) in [5, 5.41) is 8.66. The van der Waals surface area contributed by atoms with E-state index in [1.165, 1.54) is 16.5 Å². The minimum atomic E-state index is 0.330. The third-order valence-electron chi connectivity index (χ3n) is 5.83. The van der Waals surface area contributed by atoms with Gasteiger partial charge >= 0.3 is 0 Å². The fraction of sp³-hybridized carbons (Fsp3) is 0.429. The third kappa shape index (κ3) is 7.11. The summed E-state index contributed by atoms with van der Waals surface area (Å²) in [4.78, 5) is 0. The van der Waals surface area contributed by atoms with E-state index in [1.54, 1.807) is 7.05 Å². The van der Waals surface area contributed by atoms with Gasteiger partial charge in [-0.1, -0.05) is 32.6 Å². The Bertz CT molecular complexity index is 1110. The first-order chi connectivity index (χ1) is 16.3. The van der Waals surface area contributed by atoms with Crippen LogP contribution in [-0.4, -0.2) is 24.8 Å². The van der Waals surface area contributed by atoms with Gasteiger partial charge in [0, 0.05) is 29.2 Å². The Morgan fingerprint density at radius 2 is 1.71 bits per heavy atom. The van der Waals surface area contributed by atoms with Gasteiger partial charge in [-0.05, 0) is 79.6 Å². The number of rotatable bonds is 12. The highest BCUT2D eigenvalue weighted by Crippen LogP contribution is 2.29. The lowest BCUT2D eigenvalue weighted by Crippen LogP contribution is -2.09. The van der Waals surface area contributed by atoms with Crippen molar-refractivity contribution in [2.45, 2.75) is 53.5 Å². The normalized spacial score (nSPS) is 11.8. The van der Waals surface area contributed by atoms with Gasteiger partial charge in [-0.2, -0.15) is 5.11 Å². The summed E-state index contributed by atoms with van der Waals surface area (Å²) >= 11 is 0. The summed E-state index contributed by atoms with van der Waals surface area (Å²) in [6.45, 7) is 15.3. The van der Waals surface area contributed by atoms with Gasteiger partial charge in [-0.15, -0.1) is 0 Å². The Morgan fingerprint density at radius 3 is 2.38 bits per heavy atom. The highest BCUT2D eigenvalue weighted by atomic mass is 16.5. The first-order valence-electron chi connectivity index (χ1n) is 12.0. The van der Waals surface area contributed by atoms with Crippen LogP contribution in [0.4, 0.5) is 0 Å². The molecule has 1 aromatic heterocycles. The smallest absolute Gasteiger partial charge is 0.122 e. The Morgan fingerprint density at radius 1 is 1.00 bits per heavy atom. The van der Waals surface area contributed by atoms with Crippen LogP contribution in [0.2, 0.25) is 0 Å². The van der Waals surface area contributed by atoms with Gasteiger partial charge in [-0.25, -0.2) is 0 Å². The van der Waals surface area contributed by atoms with Crippen LogP contribution in [-0.2, 0) is 6.54 Å². The van der Waals surface area contributed by atoms with E-state index in [0.717, 1.165) is 42.9 Å². The molecule has 0 saturated carbocycles. The molecule has 2 aromatic carbocycles. The average molecular weight is 463 g/mol. The third-order valence-corrected chi connectivity index (χ3v) is 5.83. The highest BCUT2D eigenvalue weighted by molar-refractivity contribution is 5.85. The Labute approximate surface area is 203 Å². The summed E-state index contributed by atoms with van der Waals surface area (Å²) in [5.74, 6) is 1.81. The standard InChI is InChI=1S/C28H38N4O2/c1-21-25-15-17-32(18-16-28(3,4)5)26(25)13-14-27(21)34-20-8-7-19-33-24-11-9-23(10-12-24)22(2)30-31-29-6/h9-15,17H,2,7-8,16,18-20H2,1,3-6H3,(H,29,30). The Balaban J connectivity index is 1.42. The second kappa shape index (κ2) is 11.7. The summed E-state index contributed by atoms with van der Waals surface area (Å²) in [6.07, 6.45) is 5.21. The number of benzene rings is 2. The van der Waals surface area contributed by atoms with Gasteiger partial charge in [0.15, 0.2) is 0 Å². The Hall–Kier alpha value is -3.28. The minimum Gasteiger partial charge on any atom is -0.494 e. The molecule has 1 heterocycles. The topological polar surface area (TPSA) is 60.1 Å². The van der Waals surface area contributed by atoms with Crippen LogP contribution in [0.15, 0.2) is 65.6 Å². The van der Waals surface area contributed by atoms with Crippen molar-refractivity contribution in [1.29, 1.82) is 0 Å². The van der Waals surface area contributed by atoms with Crippen molar-refractivity contribution in [2.24, 2.45) is 15.8 Å². The number of fused-ring (bicyclic) bond motifs is 1. The lowest BCUT2D eigenvalue weighted by molar-refractivity contribution is 0.266. The van der Waals surface area contributed by atoms with E-state index in [9.17, 15) is 0 Å². The molecule has 0 unspecified atom stereocenters. The molecule has 0 saturated heterocycles. The number of hydrogen-bond acceptors (Lipinski definition) is 4. The maximum atomic E-state index is 6.10. The molecule has 1 N–H and O–H groups in total. The van der Waals surface area contributed by atoms with Crippen molar-refractivity contribution in [2.75, 3.05) is 20.3 Å².